The van der Waals surface area contributed by atoms with Gasteiger partial charge in [-0.1, -0.05) is 30.3 Å². The smallest absolute Gasteiger partial charge is 0.331 e. The molecule has 6 nitrogen and oxygen atoms in total. The fraction of sp³-hybridized carbons (Fsp3) is 0.364. The number of para-hydroxylation sites is 1. The molecule has 9 heteroatoms. The van der Waals surface area contributed by atoms with E-state index >= 15 is 0 Å². The van der Waals surface area contributed by atoms with Crippen molar-refractivity contribution in [1.82, 2.24) is 15.1 Å². The lowest BCUT2D eigenvalue weighted by Gasteiger charge is -2.35. The molecule has 1 atom stereocenters. The molecule has 2 N–H and O–H groups in total. The maximum atomic E-state index is 12.9. The van der Waals surface area contributed by atoms with Gasteiger partial charge in [-0.15, -0.1) is 0 Å². The minimum absolute atomic E-state index is 0.123. The predicted molar refractivity (Wildman–Crippen MR) is 111 cm³/mol. The number of carbonyl (C=O) groups is 2. The summed E-state index contributed by atoms with van der Waals surface area (Å²) in [5.41, 5.74) is 0.377. The standard InChI is InChI=1S/C22H25F3N4O2/c1-16(17-6-5-7-18(14-17)22(23,24)25)26-21(31)29-12-10-28(11-13-29)15-20(30)27-19-8-3-2-4-9-19/h2-9,14,16H,10-13,15H2,1H3,(H,26,31)(H,27,30). The Kier molecular flexibility index (Phi) is 7.17. The first-order chi connectivity index (χ1) is 14.7. The Morgan fingerprint density at radius 1 is 1.00 bits per heavy atom. The van der Waals surface area contributed by atoms with Crippen molar-refractivity contribution in [1.29, 1.82) is 0 Å². The number of halogens is 3. The van der Waals surface area contributed by atoms with E-state index in [1.54, 1.807) is 17.9 Å². The second kappa shape index (κ2) is 9.82. The van der Waals surface area contributed by atoms with Gasteiger partial charge in [-0.3, -0.25) is 9.69 Å². The quantitative estimate of drug-likeness (QED) is 0.754. The first kappa shape index (κ1) is 22.6. The van der Waals surface area contributed by atoms with E-state index in [1.807, 2.05) is 35.2 Å². The molecule has 1 aliphatic rings. The second-order valence-electron chi connectivity index (χ2n) is 7.47. The number of alkyl halides is 3. The molecule has 0 saturated carbocycles. The van der Waals surface area contributed by atoms with E-state index in [1.165, 1.54) is 6.07 Å². The van der Waals surface area contributed by atoms with Crippen molar-refractivity contribution in [2.24, 2.45) is 0 Å². The summed E-state index contributed by atoms with van der Waals surface area (Å²) in [6, 6.07) is 13.2. The zero-order valence-electron chi connectivity index (χ0n) is 17.2. The minimum atomic E-state index is -4.43. The zero-order valence-corrected chi connectivity index (χ0v) is 17.2. The van der Waals surface area contributed by atoms with Gasteiger partial charge in [0.1, 0.15) is 0 Å². The average Bonchev–Trinajstić information content (AvgIpc) is 2.74. The second-order valence-corrected chi connectivity index (χ2v) is 7.47. The largest absolute Gasteiger partial charge is 0.416 e. The third-order valence-electron chi connectivity index (χ3n) is 5.14. The molecule has 1 aliphatic heterocycles. The van der Waals surface area contributed by atoms with E-state index in [4.69, 9.17) is 0 Å². The lowest BCUT2D eigenvalue weighted by molar-refractivity contribution is -0.137. The third-order valence-corrected chi connectivity index (χ3v) is 5.14. The molecule has 2 aromatic rings. The molecule has 1 unspecified atom stereocenters. The third kappa shape index (κ3) is 6.45. The van der Waals surface area contributed by atoms with Gasteiger partial charge in [0.15, 0.2) is 0 Å². The predicted octanol–water partition coefficient (Wildman–Crippen LogP) is 3.73. The number of hydrogen-bond donors (Lipinski definition) is 2. The molecular formula is C22H25F3N4O2. The van der Waals surface area contributed by atoms with Crippen LogP contribution in [0.2, 0.25) is 0 Å². The maximum absolute atomic E-state index is 12.9. The summed E-state index contributed by atoms with van der Waals surface area (Å²) in [6.45, 7) is 3.81. The van der Waals surface area contributed by atoms with Crippen LogP contribution in [0, 0.1) is 0 Å². The van der Waals surface area contributed by atoms with Gasteiger partial charge >= 0.3 is 12.2 Å². The van der Waals surface area contributed by atoms with Crippen LogP contribution in [-0.4, -0.2) is 54.5 Å². The van der Waals surface area contributed by atoms with Crippen LogP contribution in [0.15, 0.2) is 54.6 Å². The van der Waals surface area contributed by atoms with Crippen LogP contribution < -0.4 is 10.6 Å². The van der Waals surface area contributed by atoms with Gasteiger partial charge in [0, 0.05) is 31.9 Å². The highest BCUT2D eigenvalue weighted by molar-refractivity contribution is 5.92. The number of piperazine rings is 1. The van der Waals surface area contributed by atoms with Crippen molar-refractivity contribution in [2.45, 2.75) is 19.1 Å². The van der Waals surface area contributed by atoms with Gasteiger partial charge in [-0.05, 0) is 36.8 Å². The van der Waals surface area contributed by atoms with Gasteiger partial charge in [0.05, 0.1) is 18.2 Å². The Hall–Kier alpha value is -3.07. The van der Waals surface area contributed by atoms with E-state index in [0.29, 0.717) is 31.7 Å². The molecule has 0 radical (unpaired) electrons. The summed E-state index contributed by atoms with van der Waals surface area (Å²) in [5.74, 6) is -0.123. The van der Waals surface area contributed by atoms with Crippen LogP contribution >= 0.6 is 0 Å². The average molecular weight is 434 g/mol. The lowest BCUT2D eigenvalue weighted by Crippen LogP contribution is -2.53. The molecule has 31 heavy (non-hydrogen) atoms. The molecule has 1 fully saturated rings. The van der Waals surface area contributed by atoms with E-state index in [9.17, 15) is 22.8 Å². The summed E-state index contributed by atoms with van der Waals surface area (Å²) >= 11 is 0. The summed E-state index contributed by atoms with van der Waals surface area (Å²) in [7, 11) is 0. The van der Waals surface area contributed by atoms with Crippen molar-refractivity contribution < 1.29 is 22.8 Å². The van der Waals surface area contributed by atoms with Crippen LogP contribution in [-0.2, 0) is 11.0 Å². The zero-order chi connectivity index (χ0) is 22.4. The number of carbonyl (C=O) groups excluding carboxylic acids is 2. The van der Waals surface area contributed by atoms with Gasteiger partial charge in [-0.2, -0.15) is 13.2 Å². The van der Waals surface area contributed by atoms with E-state index in [-0.39, 0.29) is 18.5 Å². The van der Waals surface area contributed by atoms with Crippen LogP contribution in [0.1, 0.15) is 24.1 Å². The van der Waals surface area contributed by atoms with Crippen molar-refractivity contribution in [3.63, 3.8) is 0 Å². The first-order valence-corrected chi connectivity index (χ1v) is 10.0. The molecule has 0 spiro atoms. The molecule has 0 aromatic heterocycles. The molecule has 1 saturated heterocycles. The summed E-state index contributed by atoms with van der Waals surface area (Å²) in [4.78, 5) is 28.3. The van der Waals surface area contributed by atoms with Crippen LogP contribution in [0.4, 0.5) is 23.7 Å². The molecule has 3 rings (SSSR count). The van der Waals surface area contributed by atoms with Gasteiger partial charge in [-0.25, -0.2) is 4.79 Å². The number of urea groups is 1. The van der Waals surface area contributed by atoms with Crippen LogP contribution in [0.25, 0.3) is 0 Å². The molecule has 0 bridgehead atoms. The number of nitrogens with one attached hydrogen (secondary N) is 2. The first-order valence-electron chi connectivity index (χ1n) is 10.0. The van der Waals surface area contributed by atoms with E-state index in [2.05, 4.69) is 10.6 Å². The number of anilines is 1. The Labute approximate surface area is 179 Å². The molecule has 3 amide bonds. The normalized spacial score (nSPS) is 15.9. The molecule has 166 valence electrons. The Balaban J connectivity index is 1.46. The molecule has 1 heterocycles. The van der Waals surface area contributed by atoms with Crippen molar-refractivity contribution in [3.05, 3.63) is 65.7 Å². The minimum Gasteiger partial charge on any atom is -0.331 e. The number of amides is 3. The highest BCUT2D eigenvalue weighted by Crippen LogP contribution is 2.30. The van der Waals surface area contributed by atoms with E-state index in [0.717, 1.165) is 17.8 Å². The lowest BCUT2D eigenvalue weighted by atomic mass is 10.1. The van der Waals surface area contributed by atoms with Crippen molar-refractivity contribution >= 4 is 17.6 Å². The number of nitrogens with zero attached hydrogens (tertiary/aromatic N) is 2. The Bertz CT molecular complexity index is 897. The molecular weight excluding hydrogens is 409 g/mol. The number of hydrogen-bond acceptors (Lipinski definition) is 3. The highest BCUT2D eigenvalue weighted by Gasteiger charge is 2.31. The summed E-state index contributed by atoms with van der Waals surface area (Å²) in [5, 5.41) is 5.58. The monoisotopic (exact) mass is 434 g/mol. The van der Waals surface area contributed by atoms with Crippen molar-refractivity contribution in [2.75, 3.05) is 38.0 Å². The fourth-order valence-electron chi connectivity index (χ4n) is 3.38. The molecule has 2 aromatic carbocycles. The molecule has 0 aliphatic carbocycles. The topological polar surface area (TPSA) is 64.7 Å². The van der Waals surface area contributed by atoms with Crippen LogP contribution in [0.5, 0.6) is 0 Å². The number of rotatable bonds is 5. The SMILES string of the molecule is CC(NC(=O)N1CCN(CC(=O)Nc2ccccc2)CC1)c1cccc(C(F)(F)F)c1. The van der Waals surface area contributed by atoms with Crippen molar-refractivity contribution in [3.8, 4) is 0 Å². The van der Waals surface area contributed by atoms with Gasteiger partial charge in [0.25, 0.3) is 0 Å². The Morgan fingerprint density at radius 2 is 1.68 bits per heavy atom. The van der Waals surface area contributed by atoms with Gasteiger partial charge < -0.3 is 15.5 Å². The maximum Gasteiger partial charge on any atom is 0.416 e. The fourth-order valence-corrected chi connectivity index (χ4v) is 3.38. The Morgan fingerprint density at radius 3 is 2.32 bits per heavy atom. The summed E-state index contributed by atoms with van der Waals surface area (Å²) < 4.78 is 38.7. The summed E-state index contributed by atoms with van der Waals surface area (Å²) in [6.07, 6.45) is -4.43. The highest BCUT2D eigenvalue weighted by atomic mass is 19.4. The van der Waals surface area contributed by atoms with E-state index < -0.39 is 17.8 Å². The van der Waals surface area contributed by atoms with Crippen LogP contribution in [0.3, 0.4) is 0 Å². The van der Waals surface area contributed by atoms with Gasteiger partial charge in [0.2, 0.25) is 5.91 Å². The number of benzene rings is 2.